The third-order valence-electron chi connectivity index (χ3n) is 3.55. The lowest BCUT2D eigenvalue weighted by Crippen LogP contribution is -2.24. The fourth-order valence-electron chi connectivity index (χ4n) is 2.49. The Morgan fingerprint density at radius 3 is 2.83 bits per heavy atom. The van der Waals surface area contributed by atoms with E-state index in [2.05, 4.69) is 10.2 Å². The summed E-state index contributed by atoms with van der Waals surface area (Å²) in [5, 5.41) is 19.4. The monoisotopic (exact) mass is 336 g/mol. The van der Waals surface area contributed by atoms with Crippen LogP contribution in [0.15, 0.2) is 29.4 Å². The molecule has 0 amide bonds. The topological polar surface area (TPSA) is 80.1 Å². The molecule has 1 aromatic carbocycles. The Balaban J connectivity index is 1.90. The molecule has 0 aliphatic carbocycles. The van der Waals surface area contributed by atoms with Gasteiger partial charge >= 0.3 is 0 Å². The molecular weight excluding hydrogens is 321 g/mol. The molecule has 0 saturated carbocycles. The molecule has 3 rings (SSSR count). The average Bonchev–Trinajstić information content (AvgIpc) is 3.17. The zero-order valence-corrected chi connectivity index (χ0v) is 13.1. The predicted octanol–water partition coefficient (Wildman–Crippen LogP) is 1.11. The van der Waals surface area contributed by atoms with Crippen LogP contribution < -0.4 is 5.11 Å². The summed E-state index contributed by atoms with van der Waals surface area (Å²) in [7, 11) is 0. The van der Waals surface area contributed by atoms with Crippen molar-refractivity contribution >= 4 is 17.7 Å². The van der Waals surface area contributed by atoms with Crippen LogP contribution >= 0.6 is 11.8 Å². The van der Waals surface area contributed by atoms with Gasteiger partial charge in [-0.05, 0) is 37.1 Å². The van der Waals surface area contributed by atoms with Gasteiger partial charge < -0.3 is 14.6 Å². The van der Waals surface area contributed by atoms with Gasteiger partial charge in [0.15, 0.2) is 11.0 Å². The van der Waals surface area contributed by atoms with E-state index in [0.29, 0.717) is 17.5 Å². The van der Waals surface area contributed by atoms with E-state index in [1.807, 2.05) is 4.57 Å². The fraction of sp³-hybridized carbons (Fsp3) is 0.400. The van der Waals surface area contributed by atoms with Crippen molar-refractivity contribution in [3.8, 4) is 11.4 Å². The van der Waals surface area contributed by atoms with Crippen molar-refractivity contribution < 1.29 is 19.0 Å². The van der Waals surface area contributed by atoms with Crippen LogP contribution in [0.25, 0.3) is 11.4 Å². The van der Waals surface area contributed by atoms with Gasteiger partial charge in [-0.3, -0.25) is 4.57 Å². The number of ether oxygens (including phenoxy) is 1. The molecule has 1 aliphatic heterocycles. The van der Waals surface area contributed by atoms with E-state index in [4.69, 9.17) is 4.74 Å². The van der Waals surface area contributed by atoms with Gasteiger partial charge in [0.2, 0.25) is 0 Å². The SMILES string of the molecule is O=C([O-])CSc1nnc(-c2ccc(F)cc2)n1C[C@@H]1CCCO1. The van der Waals surface area contributed by atoms with Gasteiger partial charge in [0, 0.05) is 17.9 Å². The van der Waals surface area contributed by atoms with Gasteiger partial charge in [-0.2, -0.15) is 0 Å². The van der Waals surface area contributed by atoms with Gasteiger partial charge in [-0.25, -0.2) is 4.39 Å². The first-order valence-corrected chi connectivity index (χ1v) is 8.25. The Morgan fingerprint density at radius 2 is 2.17 bits per heavy atom. The van der Waals surface area contributed by atoms with E-state index in [-0.39, 0.29) is 17.7 Å². The maximum absolute atomic E-state index is 13.1. The molecule has 2 aromatic rings. The molecule has 1 fully saturated rings. The molecular formula is C15H15FN3O3S-. The summed E-state index contributed by atoms with van der Waals surface area (Å²) in [6.07, 6.45) is 1.98. The number of benzene rings is 1. The van der Waals surface area contributed by atoms with Crippen molar-refractivity contribution in [3.05, 3.63) is 30.1 Å². The molecule has 122 valence electrons. The van der Waals surface area contributed by atoms with E-state index in [1.54, 1.807) is 12.1 Å². The Kier molecular flexibility index (Phi) is 4.92. The summed E-state index contributed by atoms with van der Waals surface area (Å²) in [6, 6.07) is 5.96. The smallest absolute Gasteiger partial charge is 0.191 e. The number of halogens is 1. The third-order valence-corrected chi connectivity index (χ3v) is 4.49. The minimum atomic E-state index is -1.16. The second-order valence-electron chi connectivity index (χ2n) is 5.22. The average molecular weight is 336 g/mol. The van der Waals surface area contributed by atoms with Crippen molar-refractivity contribution in [2.24, 2.45) is 0 Å². The molecule has 6 nitrogen and oxygen atoms in total. The maximum atomic E-state index is 13.1. The molecule has 1 saturated heterocycles. The second kappa shape index (κ2) is 7.10. The first kappa shape index (κ1) is 15.9. The van der Waals surface area contributed by atoms with Crippen LogP contribution in [0.5, 0.6) is 0 Å². The highest BCUT2D eigenvalue weighted by molar-refractivity contribution is 7.99. The van der Waals surface area contributed by atoms with Gasteiger partial charge in [0.05, 0.1) is 18.6 Å². The Morgan fingerprint density at radius 1 is 1.39 bits per heavy atom. The number of rotatable bonds is 6. The van der Waals surface area contributed by atoms with Crippen molar-refractivity contribution in [1.29, 1.82) is 0 Å². The van der Waals surface area contributed by atoms with Crippen molar-refractivity contribution in [2.45, 2.75) is 30.6 Å². The zero-order chi connectivity index (χ0) is 16.2. The largest absolute Gasteiger partial charge is 0.549 e. The summed E-state index contributed by atoms with van der Waals surface area (Å²) < 4.78 is 20.6. The fourth-order valence-corrected chi connectivity index (χ4v) is 3.15. The van der Waals surface area contributed by atoms with Crippen LogP contribution in [-0.4, -0.2) is 39.2 Å². The molecule has 1 aliphatic rings. The summed E-state index contributed by atoms with van der Waals surface area (Å²) in [5.41, 5.74) is 0.720. The molecule has 0 unspecified atom stereocenters. The number of carboxylic acids is 1. The van der Waals surface area contributed by atoms with Crippen LogP contribution in [0.3, 0.4) is 0 Å². The van der Waals surface area contributed by atoms with Crippen LogP contribution in [0, 0.1) is 5.82 Å². The third kappa shape index (κ3) is 3.89. The summed E-state index contributed by atoms with van der Waals surface area (Å²) in [5.74, 6) is -1.12. The maximum Gasteiger partial charge on any atom is 0.191 e. The van der Waals surface area contributed by atoms with Gasteiger partial charge in [0.1, 0.15) is 5.82 Å². The Labute approximate surface area is 136 Å². The highest BCUT2D eigenvalue weighted by Gasteiger charge is 2.21. The summed E-state index contributed by atoms with van der Waals surface area (Å²) in [4.78, 5) is 10.7. The number of nitrogens with zero attached hydrogens (tertiary/aromatic N) is 3. The number of carboxylic acid groups (broad SMARTS) is 1. The number of aromatic nitrogens is 3. The van der Waals surface area contributed by atoms with Crippen LogP contribution in [-0.2, 0) is 16.1 Å². The molecule has 2 heterocycles. The molecule has 1 atom stereocenters. The lowest BCUT2D eigenvalue weighted by Gasteiger charge is -2.14. The van der Waals surface area contributed by atoms with Gasteiger partial charge in [-0.15, -0.1) is 10.2 Å². The molecule has 23 heavy (non-hydrogen) atoms. The summed E-state index contributed by atoms with van der Waals surface area (Å²) in [6.45, 7) is 1.26. The van der Waals surface area contributed by atoms with E-state index in [1.165, 1.54) is 12.1 Å². The van der Waals surface area contributed by atoms with Gasteiger partial charge in [-0.1, -0.05) is 11.8 Å². The number of thioether (sulfide) groups is 1. The Bertz CT molecular complexity index is 684. The first-order valence-electron chi connectivity index (χ1n) is 7.27. The highest BCUT2D eigenvalue weighted by atomic mass is 32.2. The Hall–Kier alpha value is -1.93. The molecule has 8 heteroatoms. The number of carbonyl (C=O) groups is 1. The molecule has 0 radical (unpaired) electrons. The van der Waals surface area contributed by atoms with Crippen molar-refractivity contribution in [2.75, 3.05) is 12.4 Å². The van der Waals surface area contributed by atoms with Crippen LogP contribution in [0.4, 0.5) is 4.39 Å². The summed E-state index contributed by atoms with van der Waals surface area (Å²) >= 11 is 1.05. The molecule has 1 aromatic heterocycles. The minimum absolute atomic E-state index is 0.0486. The number of hydrogen-bond acceptors (Lipinski definition) is 6. The number of hydrogen-bond donors (Lipinski definition) is 0. The van der Waals surface area contributed by atoms with Crippen molar-refractivity contribution in [3.63, 3.8) is 0 Å². The quantitative estimate of drug-likeness (QED) is 0.735. The highest BCUT2D eigenvalue weighted by Crippen LogP contribution is 2.26. The second-order valence-corrected chi connectivity index (χ2v) is 6.16. The van der Waals surface area contributed by atoms with E-state index in [9.17, 15) is 14.3 Å². The lowest BCUT2D eigenvalue weighted by molar-refractivity contribution is -0.301. The zero-order valence-electron chi connectivity index (χ0n) is 12.3. The molecule has 0 N–H and O–H groups in total. The lowest BCUT2D eigenvalue weighted by atomic mass is 10.2. The first-order chi connectivity index (χ1) is 11.1. The van der Waals surface area contributed by atoms with E-state index >= 15 is 0 Å². The number of aliphatic carboxylic acids is 1. The van der Waals surface area contributed by atoms with Crippen molar-refractivity contribution in [1.82, 2.24) is 14.8 Å². The predicted molar refractivity (Wildman–Crippen MR) is 80.1 cm³/mol. The van der Waals surface area contributed by atoms with E-state index < -0.39 is 5.97 Å². The number of carbonyl (C=O) groups excluding carboxylic acids is 1. The minimum Gasteiger partial charge on any atom is -0.549 e. The molecule has 0 bridgehead atoms. The standard InChI is InChI=1S/C15H16FN3O3S/c16-11-5-3-10(4-6-11)14-17-18-15(23-9-13(20)21)19(14)8-12-2-1-7-22-12/h3-6,12H,1-2,7-9H2,(H,20,21)/p-1/t12-/m0/s1. The van der Waals surface area contributed by atoms with Crippen LogP contribution in [0.1, 0.15) is 12.8 Å². The molecule has 0 spiro atoms. The van der Waals surface area contributed by atoms with Gasteiger partial charge in [0.25, 0.3) is 0 Å². The van der Waals surface area contributed by atoms with Crippen LogP contribution in [0.2, 0.25) is 0 Å². The van der Waals surface area contributed by atoms with E-state index in [0.717, 1.165) is 36.8 Å². The normalized spacial score (nSPS) is 17.5.